The van der Waals surface area contributed by atoms with Gasteiger partial charge in [0.25, 0.3) is 11.8 Å². The molecule has 8 nitrogen and oxygen atoms in total. The zero-order valence-corrected chi connectivity index (χ0v) is 15.5. The van der Waals surface area contributed by atoms with E-state index < -0.39 is 24.4 Å². The van der Waals surface area contributed by atoms with Crippen molar-refractivity contribution in [1.29, 1.82) is 0 Å². The molecule has 0 aliphatic carbocycles. The summed E-state index contributed by atoms with van der Waals surface area (Å²) in [6.07, 6.45) is 0. The summed E-state index contributed by atoms with van der Waals surface area (Å²) >= 11 is 6.00. The molecule has 0 fully saturated rings. The average molecular weight is 405 g/mol. The Labute approximate surface area is 165 Å². The molecule has 3 rings (SSSR count). The maximum Gasteiger partial charge on any atom is 0.325 e. The first-order valence-corrected chi connectivity index (χ1v) is 8.74. The van der Waals surface area contributed by atoms with Crippen LogP contribution in [-0.4, -0.2) is 37.7 Å². The first-order chi connectivity index (χ1) is 13.5. The number of halogens is 1. The highest BCUT2D eigenvalue weighted by Gasteiger charge is 2.17. The molecule has 0 unspecified atom stereocenters. The average Bonchev–Trinajstić information content (AvgIpc) is 3.17. The molecule has 0 bridgehead atoms. The van der Waals surface area contributed by atoms with Crippen molar-refractivity contribution < 1.29 is 28.6 Å². The van der Waals surface area contributed by atoms with Gasteiger partial charge in [-0.15, -0.1) is 0 Å². The van der Waals surface area contributed by atoms with Crippen LogP contribution in [0.2, 0.25) is 5.02 Å². The second kappa shape index (κ2) is 9.09. The molecule has 0 saturated heterocycles. The number of hydrogen-bond donors (Lipinski definition) is 2. The fraction of sp³-hybridized carbons (Fsp3) is 0.211. The van der Waals surface area contributed by atoms with Gasteiger partial charge in [-0.05, 0) is 29.8 Å². The maximum absolute atomic E-state index is 12.1. The van der Waals surface area contributed by atoms with Gasteiger partial charge in [0.15, 0.2) is 18.1 Å². The molecule has 2 N–H and O–H groups in total. The summed E-state index contributed by atoms with van der Waals surface area (Å²) in [4.78, 5) is 35.5. The predicted octanol–water partition coefficient (Wildman–Crippen LogP) is 1.66. The molecule has 9 heteroatoms. The van der Waals surface area contributed by atoms with Crippen molar-refractivity contribution in [2.75, 3.05) is 19.9 Å². The van der Waals surface area contributed by atoms with Crippen LogP contribution in [0.3, 0.4) is 0 Å². The second-order valence-corrected chi connectivity index (χ2v) is 6.19. The number of carbonyl (C=O) groups excluding carboxylic acids is 3. The minimum atomic E-state index is -0.734. The van der Waals surface area contributed by atoms with Gasteiger partial charge in [-0.25, -0.2) is 0 Å². The third-order valence-electron chi connectivity index (χ3n) is 3.83. The Morgan fingerprint density at radius 2 is 1.82 bits per heavy atom. The van der Waals surface area contributed by atoms with Crippen molar-refractivity contribution in [3.05, 3.63) is 58.6 Å². The van der Waals surface area contributed by atoms with Crippen LogP contribution < -0.4 is 20.1 Å². The summed E-state index contributed by atoms with van der Waals surface area (Å²) in [6.45, 7) is -0.504. The third-order valence-corrected chi connectivity index (χ3v) is 4.19. The van der Waals surface area contributed by atoms with E-state index in [-0.39, 0.29) is 19.9 Å². The number of nitrogens with one attached hydrogen (secondary N) is 2. The summed E-state index contributed by atoms with van der Waals surface area (Å²) < 4.78 is 15.2. The summed E-state index contributed by atoms with van der Waals surface area (Å²) in [5, 5.41) is 5.55. The molecular weight excluding hydrogens is 388 g/mol. The molecular formula is C19H17ClN2O6. The van der Waals surface area contributed by atoms with Crippen molar-refractivity contribution in [2.45, 2.75) is 6.54 Å². The quantitative estimate of drug-likeness (QED) is 0.680. The molecule has 2 amide bonds. The Balaban J connectivity index is 1.37. The first-order valence-electron chi connectivity index (χ1n) is 8.36. The number of benzene rings is 2. The number of amides is 2. The molecule has 2 aromatic rings. The van der Waals surface area contributed by atoms with E-state index >= 15 is 0 Å². The van der Waals surface area contributed by atoms with Gasteiger partial charge in [0, 0.05) is 17.1 Å². The molecule has 0 spiro atoms. The van der Waals surface area contributed by atoms with Crippen LogP contribution in [0.1, 0.15) is 15.9 Å². The molecule has 0 saturated carbocycles. The summed E-state index contributed by atoms with van der Waals surface area (Å²) in [5.74, 6) is -0.667. The van der Waals surface area contributed by atoms with Gasteiger partial charge >= 0.3 is 5.97 Å². The monoisotopic (exact) mass is 404 g/mol. The molecule has 0 atom stereocenters. The Kier molecular flexibility index (Phi) is 6.33. The topological polar surface area (TPSA) is 103 Å². The van der Waals surface area contributed by atoms with E-state index in [1.807, 2.05) is 0 Å². The van der Waals surface area contributed by atoms with Crippen LogP contribution in [0.25, 0.3) is 0 Å². The first kappa shape index (κ1) is 19.5. The van der Waals surface area contributed by atoms with Gasteiger partial charge in [0.2, 0.25) is 6.79 Å². The lowest BCUT2D eigenvalue weighted by atomic mass is 10.2. The van der Waals surface area contributed by atoms with E-state index in [1.54, 1.807) is 36.4 Å². The normalized spacial score (nSPS) is 11.6. The van der Waals surface area contributed by atoms with Gasteiger partial charge in [-0.2, -0.15) is 0 Å². The van der Waals surface area contributed by atoms with E-state index in [0.717, 1.165) is 5.56 Å². The Hall–Kier alpha value is -3.26. The van der Waals surface area contributed by atoms with Crippen LogP contribution in [0.4, 0.5) is 0 Å². The van der Waals surface area contributed by atoms with Gasteiger partial charge < -0.3 is 24.8 Å². The zero-order valence-electron chi connectivity index (χ0n) is 14.7. The molecule has 28 heavy (non-hydrogen) atoms. The van der Waals surface area contributed by atoms with Crippen molar-refractivity contribution in [2.24, 2.45) is 0 Å². The van der Waals surface area contributed by atoms with Gasteiger partial charge in [0.1, 0.15) is 6.54 Å². The van der Waals surface area contributed by atoms with Crippen molar-refractivity contribution in [1.82, 2.24) is 10.6 Å². The number of fused-ring (bicyclic) bond motifs is 1. The van der Waals surface area contributed by atoms with Gasteiger partial charge in [-0.1, -0.05) is 29.8 Å². The summed E-state index contributed by atoms with van der Waals surface area (Å²) in [5.41, 5.74) is 1.06. The van der Waals surface area contributed by atoms with Crippen molar-refractivity contribution in [3.63, 3.8) is 0 Å². The van der Waals surface area contributed by atoms with Gasteiger partial charge in [-0.3, -0.25) is 14.4 Å². The van der Waals surface area contributed by atoms with E-state index in [9.17, 15) is 14.4 Å². The largest absolute Gasteiger partial charge is 0.454 e. The number of hydrogen-bond acceptors (Lipinski definition) is 6. The lowest BCUT2D eigenvalue weighted by Crippen LogP contribution is -2.33. The molecule has 1 aliphatic rings. The summed E-state index contributed by atoms with van der Waals surface area (Å²) in [7, 11) is 0. The number of esters is 1. The minimum absolute atomic E-state index is 0.102. The maximum atomic E-state index is 12.1. The molecule has 146 valence electrons. The van der Waals surface area contributed by atoms with Crippen LogP contribution in [-0.2, 0) is 20.9 Å². The highest BCUT2D eigenvalue weighted by molar-refractivity contribution is 6.31. The van der Waals surface area contributed by atoms with Crippen LogP contribution in [0.5, 0.6) is 11.5 Å². The van der Waals surface area contributed by atoms with E-state index in [1.165, 1.54) is 6.07 Å². The zero-order chi connectivity index (χ0) is 19.9. The predicted molar refractivity (Wildman–Crippen MR) is 99.2 cm³/mol. The fourth-order valence-electron chi connectivity index (χ4n) is 2.38. The van der Waals surface area contributed by atoms with Crippen molar-refractivity contribution >= 4 is 29.4 Å². The Morgan fingerprint density at radius 3 is 2.64 bits per heavy atom. The second-order valence-electron chi connectivity index (χ2n) is 5.78. The SMILES string of the molecule is O=C(COC(=O)CNC(=O)c1ccc2c(c1)OCO2)NCc1ccccc1Cl. The van der Waals surface area contributed by atoms with Gasteiger partial charge in [0.05, 0.1) is 0 Å². The Bertz CT molecular complexity index is 902. The van der Waals surface area contributed by atoms with Crippen LogP contribution in [0.15, 0.2) is 42.5 Å². The van der Waals surface area contributed by atoms with Crippen LogP contribution >= 0.6 is 11.6 Å². The van der Waals surface area contributed by atoms with E-state index in [4.69, 9.17) is 25.8 Å². The smallest absolute Gasteiger partial charge is 0.325 e. The van der Waals surface area contributed by atoms with Crippen molar-refractivity contribution in [3.8, 4) is 11.5 Å². The Morgan fingerprint density at radius 1 is 1.04 bits per heavy atom. The third kappa shape index (κ3) is 5.14. The number of rotatable bonds is 7. The minimum Gasteiger partial charge on any atom is -0.454 e. The molecule has 0 aromatic heterocycles. The van der Waals surface area contributed by atoms with Crippen LogP contribution in [0, 0.1) is 0 Å². The highest BCUT2D eigenvalue weighted by Crippen LogP contribution is 2.32. The van der Waals surface area contributed by atoms with E-state index in [2.05, 4.69) is 10.6 Å². The molecule has 0 radical (unpaired) electrons. The lowest BCUT2D eigenvalue weighted by molar-refractivity contribution is -0.147. The summed E-state index contributed by atoms with van der Waals surface area (Å²) in [6, 6.07) is 11.8. The number of ether oxygens (including phenoxy) is 3. The van der Waals surface area contributed by atoms with E-state index in [0.29, 0.717) is 22.1 Å². The molecule has 2 aromatic carbocycles. The number of carbonyl (C=O) groups is 3. The highest BCUT2D eigenvalue weighted by atomic mass is 35.5. The fourth-order valence-corrected chi connectivity index (χ4v) is 2.58. The lowest BCUT2D eigenvalue weighted by Gasteiger charge is -2.08. The molecule has 1 aliphatic heterocycles. The standard InChI is InChI=1S/C19H17ClN2O6/c20-14-4-2-1-3-13(14)8-21-17(23)10-26-18(24)9-22-19(25)12-5-6-15-16(7-12)28-11-27-15/h1-7H,8-11H2,(H,21,23)(H,22,25). The molecule has 1 heterocycles.